The van der Waals surface area contributed by atoms with Crippen LogP contribution in [-0.4, -0.2) is 11.9 Å². The Kier molecular flexibility index (Phi) is 7.05. The molecule has 1 atom stereocenters. The number of rotatable bonds is 9. The van der Waals surface area contributed by atoms with Gasteiger partial charge in [-0.1, -0.05) is 62.6 Å². The second-order valence-corrected chi connectivity index (χ2v) is 6.44. The van der Waals surface area contributed by atoms with E-state index in [0.29, 0.717) is 0 Å². The topological polar surface area (TPSA) is 26.3 Å². The van der Waals surface area contributed by atoms with Gasteiger partial charge in [-0.25, -0.2) is 0 Å². The van der Waals surface area contributed by atoms with Crippen molar-refractivity contribution in [3.8, 4) is 16.9 Å². The lowest BCUT2D eigenvalue weighted by atomic mass is 10.0. The summed E-state index contributed by atoms with van der Waals surface area (Å²) in [5, 5.41) is 0. The molecule has 2 aromatic carbocycles. The van der Waals surface area contributed by atoms with E-state index in [4.69, 9.17) is 4.74 Å². The molecule has 128 valence electrons. The van der Waals surface area contributed by atoms with E-state index in [9.17, 15) is 4.79 Å². The fraction of sp³-hybridized carbons (Fsp3) is 0.409. The molecule has 0 N–H and O–H groups in total. The third-order valence-corrected chi connectivity index (χ3v) is 4.28. The largest absolute Gasteiger partial charge is 0.491 e. The summed E-state index contributed by atoms with van der Waals surface area (Å²) < 4.78 is 5.99. The Balaban J connectivity index is 1.91. The van der Waals surface area contributed by atoms with Gasteiger partial charge >= 0.3 is 0 Å². The molecule has 24 heavy (non-hydrogen) atoms. The molecular weight excluding hydrogens is 296 g/mol. The van der Waals surface area contributed by atoms with E-state index in [1.54, 1.807) is 6.92 Å². The molecule has 0 amide bonds. The molecule has 0 saturated heterocycles. The van der Waals surface area contributed by atoms with Gasteiger partial charge in [-0.15, -0.1) is 0 Å². The maximum Gasteiger partial charge on any atom is 0.159 e. The van der Waals surface area contributed by atoms with Crippen LogP contribution in [0.1, 0.15) is 63.2 Å². The lowest BCUT2D eigenvalue weighted by molar-refractivity contribution is 0.101. The van der Waals surface area contributed by atoms with Crippen LogP contribution in [0, 0.1) is 0 Å². The van der Waals surface area contributed by atoms with Gasteiger partial charge in [0.15, 0.2) is 5.78 Å². The number of ether oxygens (including phenoxy) is 1. The summed E-state index contributed by atoms with van der Waals surface area (Å²) in [5.74, 6) is 1.01. The van der Waals surface area contributed by atoms with Gasteiger partial charge in [0.05, 0.1) is 6.10 Å². The van der Waals surface area contributed by atoms with E-state index < -0.39 is 0 Å². The van der Waals surface area contributed by atoms with Crippen LogP contribution < -0.4 is 4.74 Å². The van der Waals surface area contributed by atoms with Gasteiger partial charge in [-0.3, -0.25) is 4.79 Å². The van der Waals surface area contributed by atoms with Gasteiger partial charge in [-0.05, 0) is 49.9 Å². The van der Waals surface area contributed by atoms with Gasteiger partial charge in [0, 0.05) is 5.56 Å². The molecular formula is C22H28O2. The predicted molar refractivity (Wildman–Crippen MR) is 101 cm³/mol. The molecule has 2 heteroatoms. The highest BCUT2D eigenvalue weighted by molar-refractivity contribution is 5.94. The molecule has 2 nitrogen and oxygen atoms in total. The second-order valence-electron chi connectivity index (χ2n) is 6.44. The van der Waals surface area contributed by atoms with E-state index in [0.717, 1.165) is 28.9 Å². The fourth-order valence-electron chi connectivity index (χ4n) is 2.77. The summed E-state index contributed by atoms with van der Waals surface area (Å²) in [7, 11) is 0. The molecule has 0 heterocycles. The minimum absolute atomic E-state index is 0.0956. The molecule has 0 bridgehead atoms. The van der Waals surface area contributed by atoms with Crippen LogP contribution >= 0.6 is 0 Å². The van der Waals surface area contributed by atoms with Crippen LogP contribution in [0.15, 0.2) is 48.5 Å². The zero-order valence-electron chi connectivity index (χ0n) is 15.0. The SMILES string of the molecule is CCCCCCC(C)Oc1ccc(-c2ccc(C(C)=O)cc2)cc1. The van der Waals surface area contributed by atoms with Crippen molar-refractivity contribution in [1.82, 2.24) is 0 Å². The first-order valence-electron chi connectivity index (χ1n) is 8.98. The highest BCUT2D eigenvalue weighted by Gasteiger charge is 2.05. The lowest BCUT2D eigenvalue weighted by Crippen LogP contribution is -2.11. The average Bonchev–Trinajstić information content (AvgIpc) is 2.59. The van der Waals surface area contributed by atoms with Crippen LogP contribution in [0.5, 0.6) is 5.75 Å². The first-order valence-corrected chi connectivity index (χ1v) is 8.98. The van der Waals surface area contributed by atoms with Crippen molar-refractivity contribution >= 4 is 5.78 Å². The number of hydrogen-bond donors (Lipinski definition) is 0. The summed E-state index contributed by atoms with van der Waals surface area (Å²) >= 11 is 0. The van der Waals surface area contributed by atoms with Crippen LogP contribution in [0.25, 0.3) is 11.1 Å². The van der Waals surface area contributed by atoms with E-state index in [1.165, 1.54) is 25.7 Å². The number of hydrogen-bond acceptors (Lipinski definition) is 2. The minimum Gasteiger partial charge on any atom is -0.491 e. The van der Waals surface area contributed by atoms with E-state index in [2.05, 4.69) is 26.0 Å². The number of carbonyl (C=O) groups excluding carboxylic acids is 1. The molecule has 0 radical (unpaired) electrons. The number of benzene rings is 2. The van der Waals surface area contributed by atoms with Gasteiger partial charge in [0.2, 0.25) is 0 Å². The van der Waals surface area contributed by atoms with Crippen LogP contribution in [0.2, 0.25) is 0 Å². The molecule has 0 aliphatic carbocycles. The van der Waals surface area contributed by atoms with E-state index in [1.807, 2.05) is 36.4 Å². The first-order chi connectivity index (χ1) is 11.6. The normalized spacial score (nSPS) is 12.0. The third-order valence-electron chi connectivity index (χ3n) is 4.28. The predicted octanol–water partition coefficient (Wildman–Crippen LogP) is 6.29. The number of carbonyl (C=O) groups is 1. The molecule has 2 rings (SSSR count). The molecule has 2 aromatic rings. The summed E-state index contributed by atoms with van der Waals surface area (Å²) in [4.78, 5) is 11.3. The van der Waals surface area contributed by atoms with Crippen molar-refractivity contribution in [3.05, 3.63) is 54.1 Å². The highest BCUT2D eigenvalue weighted by atomic mass is 16.5. The second kappa shape index (κ2) is 9.27. The van der Waals surface area contributed by atoms with Crippen LogP contribution in [0.3, 0.4) is 0 Å². The van der Waals surface area contributed by atoms with Gasteiger partial charge < -0.3 is 4.74 Å². The summed E-state index contributed by atoms with van der Waals surface area (Å²) in [6.07, 6.45) is 6.46. The van der Waals surface area contributed by atoms with E-state index in [-0.39, 0.29) is 11.9 Å². The Bertz CT molecular complexity index is 626. The number of unbranched alkanes of at least 4 members (excludes halogenated alkanes) is 3. The van der Waals surface area contributed by atoms with Crippen molar-refractivity contribution in [3.63, 3.8) is 0 Å². The van der Waals surface area contributed by atoms with Gasteiger partial charge in [0.25, 0.3) is 0 Å². The first kappa shape index (κ1) is 18.3. The van der Waals surface area contributed by atoms with Crippen LogP contribution in [-0.2, 0) is 0 Å². The minimum atomic E-state index is 0.0956. The fourth-order valence-corrected chi connectivity index (χ4v) is 2.77. The van der Waals surface area contributed by atoms with Gasteiger partial charge in [0.1, 0.15) is 5.75 Å². The molecule has 0 aliphatic heterocycles. The molecule has 0 aliphatic rings. The van der Waals surface area contributed by atoms with Crippen molar-refractivity contribution in [2.24, 2.45) is 0 Å². The standard InChI is InChI=1S/C22H28O2/c1-4-5-6-7-8-17(2)24-22-15-13-21(14-16-22)20-11-9-19(10-12-20)18(3)23/h9-17H,4-8H2,1-3H3. The maximum absolute atomic E-state index is 11.3. The summed E-state index contributed by atoms with van der Waals surface area (Å²) in [6, 6.07) is 15.9. The Hall–Kier alpha value is -2.09. The Morgan fingerprint density at radius 1 is 0.917 bits per heavy atom. The molecule has 0 saturated carbocycles. The maximum atomic E-state index is 11.3. The molecule has 0 aromatic heterocycles. The molecule has 1 unspecified atom stereocenters. The lowest BCUT2D eigenvalue weighted by Gasteiger charge is -2.15. The molecule has 0 fully saturated rings. The third kappa shape index (κ3) is 5.52. The average molecular weight is 324 g/mol. The monoisotopic (exact) mass is 324 g/mol. The van der Waals surface area contributed by atoms with Crippen molar-refractivity contribution in [1.29, 1.82) is 0 Å². The van der Waals surface area contributed by atoms with Crippen molar-refractivity contribution < 1.29 is 9.53 Å². The zero-order chi connectivity index (χ0) is 17.4. The van der Waals surface area contributed by atoms with Crippen LogP contribution in [0.4, 0.5) is 0 Å². The van der Waals surface area contributed by atoms with E-state index >= 15 is 0 Å². The molecule has 0 spiro atoms. The Morgan fingerprint density at radius 2 is 1.50 bits per heavy atom. The summed E-state index contributed by atoms with van der Waals surface area (Å²) in [6.45, 7) is 5.96. The van der Waals surface area contributed by atoms with Crippen molar-refractivity contribution in [2.75, 3.05) is 0 Å². The quantitative estimate of drug-likeness (QED) is 0.400. The smallest absolute Gasteiger partial charge is 0.159 e. The highest BCUT2D eigenvalue weighted by Crippen LogP contribution is 2.24. The van der Waals surface area contributed by atoms with Gasteiger partial charge in [-0.2, -0.15) is 0 Å². The number of Topliss-reactive ketones (excluding diaryl/α,β-unsaturated/α-hetero) is 1. The number of ketones is 1. The Morgan fingerprint density at radius 3 is 2.04 bits per heavy atom. The zero-order valence-corrected chi connectivity index (χ0v) is 15.0. The summed E-state index contributed by atoms with van der Waals surface area (Å²) in [5.41, 5.74) is 2.99. The Labute approximate surface area is 145 Å². The van der Waals surface area contributed by atoms with Crippen molar-refractivity contribution in [2.45, 2.75) is 59.0 Å².